The number of likely N-dealkylation sites (tertiary alicyclic amines) is 1. The first kappa shape index (κ1) is 28.7. The number of methoxy groups -OCH3 is 1. The van der Waals surface area contributed by atoms with Crippen LogP contribution in [0.1, 0.15) is 42.1 Å². The molecule has 0 unspecified atom stereocenters. The standard InChI is InChI=1S/C32H36N2O6/c1-5-33(6-2)16-17-34-29(24-12-15-26(35)27(19-24)39-4)28(31(37)32(34)38)30(36)23-10-13-25(14-11-23)40-20-22-9-7-8-21(3)18-22/h7-15,18-19,29,35-36H,5-6,16-17,20H2,1-4H3/b30-28+/t29-/m0/s1. The number of aliphatic hydroxyl groups is 1. The lowest BCUT2D eigenvalue weighted by Gasteiger charge is -2.28. The molecule has 0 saturated carbocycles. The van der Waals surface area contributed by atoms with Gasteiger partial charge in [-0.05, 0) is 67.5 Å². The molecule has 0 bridgehead atoms. The van der Waals surface area contributed by atoms with Crippen LogP contribution in [0.25, 0.3) is 5.76 Å². The van der Waals surface area contributed by atoms with Crippen LogP contribution in [0, 0.1) is 6.92 Å². The van der Waals surface area contributed by atoms with Crippen molar-refractivity contribution in [3.63, 3.8) is 0 Å². The number of benzene rings is 3. The summed E-state index contributed by atoms with van der Waals surface area (Å²) < 4.78 is 11.2. The largest absolute Gasteiger partial charge is 0.507 e. The molecule has 1 fully saturated rings. The van der Waals surface area contributed by atoms with Crippen molar-refractivity contribution in [3.05, 3.63) is 94.6 Å². The lowest BCUT2D eigenvalue weighted by Crippen LogP contribution is -2.38. The third-order valence-corrected chi connectivity index (χ3v) is 7.23. The van der Waals surface area contributed by atoms with Crippen molar-refractivity contribution in [2.24, 2.45) is 0 Å². The number of hydrogen-bond donors (Lipinski definition) is 2. The van der Waals surface area contributed by atoms with Crippen LogP contribution < -0.4 is 9.47 Å². The van der Waals surface area contributed by atoms with Crippen LogP contribution in [0.15, 0.2) is 72.3 Å². The van der Waals surface area contributed by atoms with Crippen molar-refractivity contribution < 1.29 is 29.3 Å². The van der Waals surface area contributed by atoms with Gasteiger partial charge in [0.1, 0.15) is 18.1 Å². The lowest BCUT2D eigenvalue weighted by molar-refractivity contribution is -0.140. The molecule has 3 aromatic carbocycles. The maximum Gasteiger partial charge on any atom is 0.295 e. The van der Waals surface area contributed by atoms with E-state index >= 15 is 0 Å². The number of amides is 1. The van der Waals surface area contributed by atoms with E-state index in [4.69, 9.17) is 9.47 Å². The minimum absolute atomic E-state index is 0.00859. The maximum absolute atomic E-state index is 13.3. The van der Waals surface area contributed by atoms with Crippen molar-refractivity contribution in [2.45, 2.75) is 33.4 Å². The van der Waals surface area contributed by atoms with Gasteiger partial charge >= 0.3 is 0 Å². The highest BCUT2D eigenvalue weighted by Gasteiger charge is 2.46. The van der Waals surface area contributed by atoms with E-state index in [1.165, 1.54) is 18.1 Å². The van der Waals surface area contributed by atoms with Gasteiger partial charge in [0, 0.05) is 18.7 Å². The first-order valence-corrected chi connectivity index (χ1v) is 13.4. The molecule has 8 heteroatoms. The molecule has 0 radical (unpaired) electrons. The molecule has 3 aromatic rings. The molecule has 1 aliphatic heterocycles. The molecule has 0 aromatic heterocycles. The number of ether oxygens (including phenoxy) is 2. The second-order valence-corrected chi connectivity index (χ2v) is 9.75. The molecule has 0 aliphatic carbocycles. The fourth-order valence-corrected chi connectivity index (χ4v) is 4.94. The third-order valence-electron chi connectivity index (χ3n) is 7.23. The first-order valence-electron chi connectivity index (χ1n) is 13.4. The number of carbonyl (C=O) groups is 2. The van der Waals surface area contributed by atoms with E-state index in [1.54, 1.807) is 36.4 Å². The van der Waals surface area contributed by atoms with Gasteiger partial charge in [0.05, 0.1) is 18.7 Å². The van der Waals surface area contributed by atoms with Crippen LogP contribution in [-0.2, 0) is 16.2 Å². The Morgan fingerprint density at radius 1 is 1.00 bits per heavy atom. The number of hydrogen-bond acceptors (Lipinski definition) is 7. The maximum atomic E-state index is 13.3. The van der Waals surface area contributed by atoms with E-state index in [1.807, 2.05) is 39.0 Å². The number of aryl methyl sites for hydroxylation is 1. The number of Topliss-reactive ketones (excluding diaryl/α,β-unsaturated/α-hetero) is 1. The number of aliphatic hydroxyl groups excluding tert-OH is 1. The Kier molecular flexibility index (Phi) is 9.11. The minimum atomic E-state index is -0.845. The third kappa shape index (κ3) is 6.13. The summed E-state index contributed by atoms with van der Waals surface area (Å²) in [5.41, 5.74) is 3.12. The molecule has 1 aliphatic rings. The topological polar surface area (TPSA) is 99.5 Å². The highest BCUT2D eigenvalue weighted by atomic mass is 16.5. The zero-order chi connectivity index (χ0) is 28.8. The number of carbonyl (C=O) groups excluding carboxylic acids is 2. The van der Waals surface area contributed by atoms with E-state index in [0.717, 1.165) is 24.2 Å². The number of rotatable bonds is 11. The van der Waals surface area contributed by atoms with E-state index < -0.39 is 17.7 Å². The molecule has 1 heterocycles. The number of aromatic hydroxyl groups is 1. The normalized spacial score (nSPS) is 16.5. The van der Waals surface area contributed by atoms with Crippen molar-refractivity contribution in [2.75, 3.05) is 33.3 Å². The lowest BCUT2D eigenvalue weighted by atomic mass is 9.95. The monoisotopic (exact) mass is 544 g/mol. The summed E-state index contributed by atoms with van der Waals surface area (Å²) in [4.78, 5) is 30.2. The summed E-state index contributed by atoms with van der Waals surface area (Å²) in [6, 6.07) is 18.7. The molecular formula is C32H36N2O6. The highest BCUT2D eigenvalue weighted by Crippen LogP contribution is 2.41. The van der Waals surface area contributed by atoms with Crippen LogP contribution in [-0.4, -0.2) is 65.0 Å². The Morgan fingerprint density at radius 3 is 2.38 bits per heavy atom. The quantitative estimate of drug-likeness (QED) is 0.198. The summed E-state index contributed by atoms with van der Waals surface area (Å²) in [6.45, 7) is 8.96. The van der Waals surface area contributed by atoms with Crippen molar-refractivity contribution in [3.8, 4) is 17.2 Å². The zero-order valence-corrected chi connectivity index (χ0v) is 23.4. The molecule has 1 atom stereocenters. The van der Waals surface area contributed by atoms with Gasteiger partial charge in [0.25, 0.3) is 11.7 Å². The second kappa shape index (κ2) is 12.7. The summed E-state index contributed by atoms with van der Waals surface area (Å²) in [7, 11) is 1.43. The average molecular weight is 545 g/mol. The highest BCUT2D eigenvalue weighted by molar-refractivity contribution is 6.46. The summed E-state index contributed by atoms with van der Waals surface area (Å²) in [5, 5.41) is 21.5. The summed E-state index contributed by atoms with van der Waals surface area (Å²) >= 11 is 0. The smallest absolute Gasteiger partial charge is 0.295 e. The molecule has 210 valence electrons. The van der Waals surface area contributed by atoms with Gasteiger partial charge in [-0.2, -0.15) is 0 Å². The van der Waals surface area contributed by atoms with Crippen molar-refractivity contribution >= 4 is 17.4 Å². The number of nitrogens with zero attached hydrogens (tertiary/aromatic N) is 2. The van der Waals surface area contributed by atoms with Crippen LogP contribution >= 0.6 is 0 Å². The fourth-order valence-electron chi connectivity index (χ4n) is 4.94. The minimum Gasteiger partial charge on any atom is -0.507 e. The molecule has 40 heavy (non-hydrogen) atoms. The van der Waals surface area contributed by atoms with E-state index in [0.29, 0.717) is 36.6 Å². The van der Waals surface area contributed by atoms with Gasteiger partial charge in [-0.25, -0.2) is 0 Å². The molecule has 8 nitrogen and oxygen atoms in total. The molecule has 0 spiro atoms. The SMILES string of the molecule is CCN(CC)CCN1C(=O)C(=O)/C(=C(/O)c2ccc(OCc3cccc(C)c3)cc2)[C@@H]1c1ccc(O)c(OC)c1. The molecule has 4 rings (SSSR count). The molecule has 1 saturated heterocycles. The summed E-state index contributed by atoms with van der Waals surface area (Å²) in [6.07, 6.45) is 0. The van der Waals surface area contributed by atoms with Gasteiger partial charge in [0.2, 0.25) is 0 Å². The van der Waals surface area contributed by atoms with Crippen molar-refractivity contribution in [1.82, 2.24) is 9.80 Å². The molecule has 1 amide bonds. The Balaban J connectivity index is 1.67. The Hall–Kier alpha value is -4.30. The number of phenols is 1. The van der Waals surface area contributed by atoms with Crippen molar-refractivity contribution in [1.29, 1.82) is 0 Å². The Morgan fingerprint density at radius 2 is 1.73 bits per heavy atom. The van der Waals surface area contributed by atoms with E-state index in [2.05, 4.69) is 11.0 Å². The van der Waals surface area contributed by atoms with Crippen LogP contribution in [0.5, 0.6) is 17.2 Å². The molecule has 2 N–H and O–H groups in total. The van der Waals surface area contributed by atoms with E-state index in [-0.39, 0.29) is 22.8 Å². The van der Waals surface area contributed by atoms with Gasteiger partial charge in [-0.3, -0.25) is 9.59 Å². The average Bonchev–Trinajstić information content (AvgIpc) is 3.22. The Labute approximate surface area is 235 Å². The number of ketones is 1. The van der Waals surface area contributed by atoms with Gasteiger partial charge in [-0.15, -0.1) is 0 Å². The zero-order valence-electron chi connectivity index (χ0n) is 23.4. The van der Waals surface area contributed by atoms with E-state index in [9.17, 15) is 19.8 Å². The van der Waals surface area contributed by atoms with Crippen LogP contribution in [0.4, 0.5) is 0 Å². The van der Waals surface area contributed by atoms with Crippen LogP contribution in [0.3, 0.4) is 0 Å². The summed E-state index contributed by atoms with van der Waals surface area (Å²) in [5.74, 6) is -0.948. The Bertz CT molecular complexity index is 1390. The second-order valence-electron chi connectivity index (χ2n) is 9.75. The van der Waals surface area contributed by atoms with Crippen LogP contribution in [0.2, 0.25) is 0 Å². The van der Waals surface area contributed by atoms with Gasteiger partial charge < -0.3 is 29.5 Å². The fraction of sp³-hybridized carbons (Fsp3) is 0.312. The predicted molar refractivity (Wildman–Crippen MR) is 153 cm³/mol. The first-order chi connectivity index (χ1) is 19.3. The molecular weight excluding hydrogens is 508 g/mol. The van der Waals surface area contributed by atoms with Gasteiger partial charge in [0.15, 0.2) is 11.5 Å². The predicted octanol–water partition coefficient (Wildman–Crippen LogP) is 5.05. The number of phenolic OH excluding ortho intramolecular Hbond substituents is 1. The number of likely N-dealkylation sites (N-methyl/N-ethyl adjacent to an activating group) is 1. The van der Waals surface area contributed by atoms with Gasteiger partial charge in [-0.1, -0.05) is 49.7 Å².